The number of nitrogens with one attached hydrogen (secondary N) is 1. The number of rotatable bonds is 4. The van der Waals surface area contributed by atoms with E-state index in [0.29, 0.717) is 12.8 Å². The van der Waals surface area contributed by atoms with Crippen molar-refractivity contribution in [1.82, 2.24) is 5.16 Å². The van der Waals surface area contributed by atoms with E-state index >= 15 is 0 Å². The summed E-state index contributed by atoms with van der Waals surface area (Å²) >= 11 is 0. The molecule has 0 aliphatic heterocycles. The van der Waals surface area contributed by atoms with Gasteiger partial charge in [-0.1, -0.05) is 23.4 Å². The Morgan fingerprint density at radius 3 is 2.63 bits per heavy atom. The van der Waals surface area contributed by atoms with Crippen LogP contribution in [-0.2, 0) is 11.2 Å². The van der Waals surface area contributed by atoms with Gasteiger partial charge in [-0.25, -0.2) is 0 Å². The number of amides is 1. The van der Waals surface area contributed by atoms with E-state index in [-0.39, 0.29) is 5.91 Å². The summed E-state index contributed by atoms with van der Waals surface area (Å²) in [6.45, 7) is 5.74. The first-order valence-corrected chi connectivity index (χ1v) is 6.35. The van der Waals surface area contributed by atoms with Crippen molar-refractivity contribution in [2.45, 2.75) is 33.6 Å². The molecule has 0 atom stereocenters. The van der Waals surface area contributed by atoms with Crippen LogP contribution in [0, 0.1) is 20.8 Å². The first-order valence-electron chi connectivity index (χ1n) is 6.35. The van der Waals surface area contributed by atoms with E-state index < -0.39 is 0 Å². The van der Waals surface area contributed by atoms with Gasteiger partial charge in [0.25, 0.3) is 0 Å². The number of aryl methyl sites for hydroxylation is 3. The fourth-order valence-electron chi connectivity index (χ4n) is 2.02. The molecule has 2 rings (SSSR count). The number of carbonyl (C=O) groups is 1. The summed E-state index contributed by atoms with van der Waals surface area (Å²) < 4.78 is 5.08. The quantitative estimate of drug-likeness (QED) is 0.916. The molecule has 1 heterocycles. The molecule has 1 aromatic heterocycles. The van der Waals surface area contributed by atoms with Gasteiger partial charge in [-0.05, 0) is 38.8 Å². The lowest BCUT2D eigenvalue weighted by Crippen LogP contribution is -2.13. The van der Waals surface area contributed by atoms with Gasteiger partial charge in [0.1, 0.15) is 5.76 Å². The highest BCUT2D eigenvalue weighted by molar-refractivity contribution is 5.91. The molecule has 4 nitrogen and oxygen atoms in total. The van der Waals surface area contributed by atoms with E-state index in [1.54, 1.807) is 0 Å². The van der Waals surface area contributed by atoms with E-state index in [0.717, 1.165) is 28.3 Å². The molecule has 0 bridgehead atoms. The van der Waals surface area contributed by atoms with Crippen LogP contribution in [0.5, 0.6) is 0 Å². The van der Waals surface area contributed by atoms with Crippen LogP contribution in [0.15, 0.2) is 28.8 Å². The molecule has 1 aromatic carbocycles. The lowest BCUT2D eigenvalue weighted by molar-refractivity contribution is -0.116. The van der Waals surface area contributed by atoms with Crippen molar-refractivity contribution in [2.24, 2.45) is 0 Å². The highest BCUT2D eigenvalue weighted by atomic mass is 16.5. The minimum atomic E-state index is 0.00861. The number of hydrogen-bond donors (Lipinski definition) is 1. The molecule has 1 N–H and O–H groups in total. The third-order valence-corrected chi connectivity index (χ3v) is 3.20. The minimum absolute atomic E-state index is 0.00861. The zero-order valence-corrected chi connectivity index (χ0v) is 11.5. The Bertz CT molecular complexity index is 568. The fraction of sp³-hybridized carbons (Fsp3) is 0.333. The highest BCUT2D eigenvalue weighted by Crippen LogP contribution is 2.16. The SMILES string of the molecule is Cc1ccccc1NC(=O)CCc1c(C)noc1C. The minimum Gasteiger partial charge on any atom is -0.361 e. The van der Waals surface area contributed by atoms with Crippen LogP contribution in [0.3, 0.4) is 0 Å². The lowest BCUT2D eigenvalue weighted by atomic mass is 10.1. The van der Waals surface area contributed by atoms with Crippen LogP contribution in [-0.4, -0.2) is 11.1 Å². The van der Waals surface area contributed by atoms with Crippen molar-refractivity contribution in [3.05, 3.63) is 46.8 Å². The molecule has 19 heavy (non-hydrogen) atoms. The van der Waals surface area contributed by atoms with E-state index in [9.17, 15) is 4.79 Å². The Labute approximate surface area is 112 Å². The van der Waals surface area contributed by atoms with E-state index in [1.807, 2.05) is 45.0 Å². The average Bonchev–Trinajstić information content (AvgIpc) is 2.70. The number of carbonyl (C=O) groups excluding carboxylic acids is 1. The molecular weight excluding hydrogens is 240 g/mol. The Morgan fingerprint density at radius 1 is 1.26 bits per heavy atom. The van der Waals surface area contributed by atoms with Gasteiger partial charge in [0.15, 0.2) is 0 Å². The number of anilines is 1. The van der Waals surface area contributed by atoms with Gasteiger partial charge in [0.2, 0.25) is 5.91 Å². The fourth-order valence-corrected chi connectivity index (χ4v) is 2.02. The van der Waals surface area contributed by atoms with Crippen molar-refractivity contribution in [2.75, 3.05) is 5.32 Å². The molecule has 1 amide bonds. The molecule has 0 aliphatic carbocycles. The van der Waals surface area contributed by atoms with Crippen molar-refractivity contribution in [1.29, 1.82) is 0 Å². The molecule has 2 aromatic rings. The van der Waals surface area contributed by atoms with Gasteiger partial charge in [0, 0.05) is 17.7 Å². The molecule has 0 spiro atoms. The largest absolute Gasteiger partial charge is 0.361 e. The van der Waals surface area contributed by atoms with Crippen molar-refractivity contribution >= 4 is 11.6 Å². The Hall–Kier alpha value is -2.10. The van der Waals surface area contributed by atoms with Gasteiger partial charge < -0.3 is 9.84 Å². The summed E-state index contributed by atoms with van der Waals surface area (Å²) in [5.41, 5.74) is 3.82. The highest BCUT2D eigenvalue weighted by Gasteiger charge is 2.11. The summed E-state index contributed by atoms with van der Waals surface area (Å²) in [6.07, 6.45) is 1.08. The number of aromatic nitrogens is 1. The Kier molecular flexibility index (Phi) is 4.00. The van der Waals surface area contributed by atoms with Crippen molar-refractivity contribution in [3.8, 4) is 0 Å². The van der Waals surface area contributed by atoms with Gasteiger partial charge >= 0.3 is 0 Å². The number of benzene rings is 1. The lowest BCUT2D eigenvalue weighted by Gasteiger charge is -2.07. The topological polar surface area (TPSA) is 55.1 Å². The maximum absolute atomic E-state index is 11.9. The third-order valence-electron chi connectivity index (χ3n) is 3.20. The first kappa shape index (κ1) is 13.3. The van der Waals surface area contributed by atoms with Crippen LogP contribution < -0.4 is 5.32 Å². The molecule has 4 heteroatoms. The summed E-state index contributed by atoms with van der Waals surface area (Å²) in [6, 6.07) is 7.75. The maximum Gasteiger partial charge on any atom is 0.224 e. The predicted molar refractivity (Wildman–Crippen MR) is 74.1 cm³/mol. The van der Waals surface area contributed by atoms with E-state index in [2.05, 4.69) is 10.5 Å². The standard InChI is InChI=1S/C15H18N2O2/c1-10-6-4-5-7-14(10)16-15(18)9-8-13-11(2)17-19-12(13)3/h4-7H,8-9H2,1-3H3,(H,16,18). The monoisotopic (exact) mass is 258 g/mol. The summed E-state index contributed by atoms with van der Waals surface area (Å²) in [5, 5.41) is 6.81. The number of para-hydroxylation sites is 1. The normalized spacial score (nSPS) is 10.5. The molecule has 0 radical (unpaired) electrons. The molecule has 0 fully saturated rings. The number of nitrogens with zero attached hydrogens (tertiary/aromatic N) is 1. The smallest absolute Gasteiger partial charge is 0.224 e. The molecule has 0 saturated carbocycles. The van der Waals surface area contributed by atoms with Crippen molar-refractivity contribution in [3.63, 3.8) is 0 Å². The zero-order chi connectivity index (χ0) is 13.8. The molecule has 0 aliphatic rings. The predicted octanol–water partition coefficient (Wildman–Crippen LogP) is 3.17. The second-order valence-electron chi connectivity index (χ2n) is 4.67. The third kappa shape index (κ3) is 3.22. The number of hydrogen-bond acceptors (Lipinski definition) is 3. The second kappa shape index (κ2) is 5.69. The molecule has 0 saturated heterocycles. The van der Waals surface area contributed by atoms with Crippen LogP contribution in [0.25, 0.3) is 0 Å². The average molecular weight is 258 g/mol. The van der Waals surface area contributed by atoms with E-state index in [4.69, 9.17) is 4.52 Å². The second-order valence-corrected chi connectivity index (χ2v) is 4.67. The molecular formula is C15H18N2O2. The Balaban J connectivity index is 1.94. The summed E-state index contributed by atoms with van der Waals surface area (Å²) in [4.78, 5) is 11.9. The zero-order valence-electron chi connectivity index (χ0n) is 11.5. The van der Waals surface area contributed by atoms with Crippen LogP contribution in [0.1, 0.15) is 29.0 Å². The van der Waals surface area contributed by atoms with Gasteiger partial charge in [-0.3, -0.25) is 4.79 Å². The van der Waals surface area contributed by atoms with Crippen LogP contribution >= 0.6 is 0 Å². The van der Waals surface area contributed by atoms with Crippen LogP contribution in [0.4, 0.5) is 5.69 Å². The molecule has 0 unspecified atom stereocenters. The molecule has 100 valence electrons. The van der Waals surface area contributed by atoms with Gasteiger partial charge in [-0.15, -0.1) is 0 Å². The van der Waals surface area contributed by atoms with Crippen molar-refractivity contribution < 1.29 is 9.32 Å². The van der Waals surface area contributed by atoms with Gasteiger partial charge in [-0.2, -0.15) is 0 Å². The summed E-state index contributed by atoms with van der Waals surface area (Å²) in [5.74, 6) is 0.801. The van der Waals surface area contributed by atoms with Crippen LogP contribution in [0.2, 0.25) is 0 Å². The van der Waals surface area contributed by atoms with E-state index in [1.165, 1.54) is 0 Å². The maximum atomic E-state index is 11.9. The van der Waals surface area contributed by atoms with Gasteiger partial charge in [0.05, 0.1) is 5.69 Å². The Morgan fingerprint density at radius 2 is 2.00 bits per heavy atom. The summed E-state index contributed by atoms with van der Waals surface area (Å²) in [7, 11) is 0. The first-order chi connectivity index (χ1) is 9.08.